The van der Waals surface area contributed by atoms with E-state index in [2.05, 4.69) is 15.4 Å². The molecule has 0 unspecified atom stereocenters. The Bertz CT molecular complexity index is 674. The zero-order valence-corrected chi connectivity index (χ0v) is 9.74. The van der Waals surface area contributed by atoms with Crippen LogP contribution in [0.2, 0.25) is 0 Å². The third-order valence-corrected chi connectivity index (χ3v) is 2.69. The number of nitrogens with one attached hydrogen (secondary N) is 1. The van der Waals surface area contributed by atoms with Gasteiger partial charge in [-0.1, -0.05) is 12.1 Å². The van der Waals surface area contributed by atoms with Crippen molar-refractivity contribution in [3.8, 4) is 0 Å². The van der Waals surface area contributed by atoms with Crippen molar-refractivity contribution in [1.82, 2.24) is 14.6 Å². The van der Waals surface area contributed by atoms with E-state index in [1.807, 2.05) is 42.6 Å². The third kappa shape index (κ3) is 2.03. The van der Waals surface area contributed by atoms with E-state index in [1.54, 1.807) is 10.7 Å². The molecule has 0 aliphatic rings. The van der Waals surface area contributed by atoms with Gasteiger partial charge >= 0.3 is 0 Å². The molecule has 0 amide bonds. The molecule has 2 heterocycles. The second-order valence-corrected chi connectivity index (χ2v) is 3.98. The number of benzene rings is 1. The SMILES string of the molecule is NCc1cccc(Nc2ccn3nccc3n2)c1. The number of nitrogens with two attached hydrogens (primary N) is 1. The van der Waals surface area contributed by atoms with Gasteiger partial charge in [0.2, 0.25) is 0 Å². The maximum atomic E-state index is 5.62. The molecule has 3 rings (SSSR count). The van der Waals surface area contributed by atoms with Gasteiger partial charge in [0, 0.05) is 24.5 Å². The predicted octanol–water partition coefficient (Wildman–Crippen LogP) is 1.93. The first-order chi connectivity index (χ1) is 8.85. The van der Waals surface area contributed by atoms with E-state index in [1.165, 1.54) is 0 Å². The topological polar surface area (TPSA) is 68.2 Å². The molecule has 0 bridgehead atoms. The number of hydrogen-bond donors (Lipinski definition) is 2. The molecular weight excluding hydrogens is 226 g/mol. The summed E-state index contributed by atoms with van der Waals surface area (Å²) in [4.78, 5) is 4.44. The van der Waals surface area contributed by atoms with E-state index in [9.17, 15) is 0 Å². The van der Waals surface area contributed by atoms with Crippen LogP contribution in [0, 0.1) is 0 Å². The molecule has 0 aliphatic heterocycles. The summed E-state index contributed by atoms with van der Waals surface area (Å²) in [7, 11) is 0. The number of rotatable bonds is 3. The van der Waals surface area contributed by atoms with Crippen molar-refractivity contribution in [2.45, 2.75) is 6.54 Å². The molecular formula is C13H13N5. The van der Waals surface area contributed by atoms with Crippen LogP contribution in [0.3, 0.4) is 0 Å². The Kier molecular flexibility index (Phi) is 2.66. The maximum Gasteiger partial charge on any atom is 0.157 e. The molecule has 3 aromatic rings. The quantitative estimate of drug-likeness (QED) is 0.732. The van der Waals surface area contributed by atoms with Gasteiger partial charge in [0.1, 0.15) is 5.82 Å². The van der Waals surface area contributed by atoms with Gasteiger partial charge in [0.05, 0.1) is 6.20 Å². The molecule has 3 N–H and O–H groups in total. The minimum Gasteiger partial charge on any atom is -0.340 e. The largest absolute Gasteiger partial charge is 0.340 e. The number of anilines is 2. The minimum atomic E-state index is 0.532. The van der Waals surface area contributed by atoms with E-state index < -0.39 is 0 Å². The van der Waals surface area contributed by atoms with Crippen LogP contribution in [0.1, 0.15) is 5.56 Å². The Morgan fingerprint density at radius 3 is 3.06 bits per heavy atom. The number of nitrogens with zero attached hydrogens (tertiary/aromatic N) is 3. The normalized spacial score (nSPS) is 10.7. The van der Waals surface area contributed by atoms with Crippen molar-refractivity contribution in [2.75, 3.05) is 5.32 Å². The standard InChI is InChI=1S/C13H13N5/c14-9-10-2-1-3-11(8-10)16-12-5-7-18-13(17-12)4-6-15-18/h1-8H,9,14H2,(H,16,17). The summed E-state index contributed by atoms with van der Waals surface area (Å²) in [6.07, 6.45) is 3.60. The van der Waals surface area contributed by atoms with Gasteiger partial charge in [0.15, 0.2) is 5.65 Å². The summed E-state index contributed by atoms with van der Waals surface area (Å²) in [5.41, 5.74) is 8.50. The monoisotopic (exact) mass is 239 g/mol. The smallest absolute Gasteiger partial charge is 0.157 e. The van der Waals surface area contributed by atoms with E-state index in [-0.39, 0.29) is 0 Å². The Hall–Kier alpha value is -2.40. The first kappa shape index (κ1) is 10.7. The lowest BCUT2D eigenvalue weighted by Crippen LogP contribution is -1.99. The molecule has 0 radical (unpaired) electrons. The van der Waals surface area contributed by atoms with Crippen molar-refractivity contribution in [3.63, 3.8) is 0 Å². The van der Waals surface area contributed by atoms with Crippen molar-refractivity contribution in [1.29, 1.82) is 0 Å². The van der Waals surface area contributed by atoms with Crippen molar-refractivity contribution in [3.05, 3.63) is 54.4 Å². The Balaban J connectivity index is 1.90. The average Bonchev–Trinajstić information content (AvgIpc) is 2.86. The molecule has 5 heteroatoms. The molecule has 0 saturated heterocycles. The van der Waals surface area contributed by atoms with Gasteiger partial charge in [-0.15, -0.1) is 0 Å². The van der Waals surface area contributed by atoms with E-state index >= 15 is 0 Å². The molecule has 0 fully saturated rings. The van der Waals surface area contributed by atoms with Gasteiger partial charge in [-0.25, -0.2) is 9.50 Å². The fourth-order valence-corrected chi connectivity index (χ4v) is 1.81. The third-order valence-electron chi connectivity index (χ3n) is 2.69. The lowest BCUT2D eigenvalue weighted by atomic mass is 10.2. The molecule has 18 heavy (non-hydrogen) atoms. The zero-order valence-electron chi connectivity index (χ0n) is 9.74. The van der Waals surface area contributed by atoms with Gasteiger partial charge in [-0.05, 0) is 23.8 Å². The van der Waals surface area contributed by atoms with E-state index in [0.717, 1.165) is 22.7 Å². The molecule has 0 atom stereocenters. The van der Waals surface area contributed by atoms with E-state index in [4.69, 9.17) is 5.73 Å². The van der Waals surface area contributed by atoms with Crippen LogP contribution in [0.15, 0.2) is 48.8 Å². The molecule has 0 saturated carbocycles. The van der Waals surface area contributed by atoms with Gasteiger partial charge in [-0.3, -0.25) is 0 Å². The van der Waals surface area contributed by atoms with Gasteiger partial charge in [0.25, 0.3) is 0 Å². The zero-order chi connectivity index (χ0) is 12.4. The Labute approximate surface area is 104 Å². The van der Waals surface area contributed by atoms with Crippen molar-refractivity contribution >= 4 is 17.2 Å². The molecule has 0 aliphatic carbocycles. The highest BCUT2D eigenvalue weighted by molar-refractivity contribution is 5.58. The molecule has 1 aromatic carbocycles. The summed E-state index contributed by atoms with van der Waals surface area (Å²) < 4.78 is 1.72. The lowest BCUT2D eigenvalue weighted by Gasteiger charge is -2.07. The fourth-order valence-electron chi connectivity index (χ4n) is 1.81. The van der Waals surface area contributed by atoms with E-state index in [0.29, 0.717) is 6.54 Å². The highest BCUT2D eigenvalue weighted by Crippen LogP contribution is 2.16. The van der Waals surface area contributed by atoms with Crippen LogP contribution in [0.5, 0.6) is 0 Å². The molecule has 0 spiro atoms. The van der Waals surface area contributed by atoms with Crippen LogP contribution in [0.4, 0.5) is 11.5 Å². The van der Waals surface area contributed by atoms with Crippen molar-refractivity contribution < 1.29 is 0 Å². The Morgan fingerprint density at radius 1 is 1.22 bits per heavy atom. The molecule has 5 nitrogen and oxygen atoms in total. The summed E-state index contributed by atoms with van der Waals surface area (Å²) >= 11 is 0. The summed E-state index contributed by atoms with van der Waals surface area (Å²) in [5, 5.41) is 7.36. The number of hydrogen-bond acceptors (Lipinski definition) is 4. The number of aromatic nitrogens is 3. The fraction of sp³-hybridized carbons (Fsp3) is 0.0769. The Morgan fingerprint density at radius 2 is 2.17 bits per heavy atom. The van der Waals surface area contributed by atoms with Crippen LogP contribution in [0.25, 0.3) is 5.65 Å². The first-order valence-electron chi connectivity index (χ1n) is 5.71. The van der Waals surface area contributed by atoms with Crippen LogP contribution in [-0.4, -0.2) is 14.6 Å². The summed E-state index contributed by atoms with van der Waals surface area (Å²) in [5.74, 6) is 0.789. The van der Waals surface area contributed by atoms with Gasteiger partial charge in [-0.2, -0.15) is 5.10 Å². The second kappa shape index (κ2) is 4.46. The minimum absolute atomic E-state index is 0.532. The lowest BCUT2D eigenvalue weighted by molar-refractivity contribution is 0.941. The first-order valence-corrected chi connectivity index (χ1v) is 5.71. The summed E-state index contributed by atoms with van der Waals surface area (Å²) in [6, 6.07) is 11.7. The highest BCUT2D eigenvalue weighted by atomic mass is 15.2. The molecule has 2 aromatic heterocycles. The highest BCUT2D eigenvalue weighted by Gasteiger charge is 2.00. The van der Waals surface area contributed by atoms with Gasteiger partial charge < -0.3 is 11.1 Å². The average molecular weight is 239 g/mol. The van der Waals surface area contributed by atoms with Crippen LogP contribution < -0.4 is 11.1 Å². The molecule has 90 valence electrons. The number of fused-ring (bicyclic) bond motifs is 1. The summed E-state index contributed by atoms with van der Waals surface area (Å²) in [6.45, 7) is 0.532. The van der Waals surface area contributed by atoms with Crippen LogP contribution >= 0.6 is 0 Å². The maximum absolute atomic E-state index is 5.62. The van der Waals surface area contributed by atoms with Crippen molar-refractivity contribution in [2.24, 2.45) is 5.73 Å². The second-order valence-electron chi connectivity index (χ2n) is 3.98. The van der Waals surface area contributed by atoms with Crippen LogP contribution in [-0.2, 0) is 6.54 Å². The predicted molar refractivity (Wildman–Crippen MR) is 70.6 cm³/mol.